The zero-order chi connectivity index (χ0) is 22.7. The minimum atomic E-state index is -0.207. The lowest BCUT2D eigenvalue weighted by atomic mass is 10.00. The van der Waals surface area contributed by atoms with Crippen LogP contribution in [-0.2, 0) is 20.1 Å². The average Bonchev–Trinajstić information content (AvgIpc) is 3.31. The Morgan fingerprint density at radius 3 is 2.79 bits per heavy atom. The summed E-state index contributed by atoms with van der Waals surface area (Å²) in [4.78, 5) is 17.7. The molecule has 2 bridgehead atoms. The van der Waals surface area contributed by atoms with Gasteiger partial charge in [0.25, 0.3) is 5.56 Å². The molecule has 2 atom stereocenters. The number of fused-ring (bicyclic) bond motifs is 6. The zero-order valence-corrected chi connectivity index (χ0v) is 20.8. The molecular formula is C25H23Cl3N4O2. The van der Waals surface area contributed by atoms with Crippen molar-refractivity contribution < 1.29 is 4.74 Å². The number of rotatable bonds is 4. The quantitative estimate of drug-likeness (QED) is 0.395. The van der Waals surface area contributed by atoms with Crippen molar-refractivity contribution in [2.45, 2.75) is 38.0 Å². The Bertz CT molecular complexity index is 1460. The summed E-state index contributed by atoms with van der Waals surface area (Å²) in [6, 6.07) is 13.4. The van der Waals surface area contributed by atoms with Crippen LogP contribution in [0.5, 0.6) is 5.75 Å². The number of aromatic nitrogens is 3. The lowest BCUT2D eigenvalue weighted by Crippen LogP contribution is -2.32. The number of benzene rings is 1. The fraction of sp³-hybridized carbons (Fsp3) is 0.280. The average molecular weight is 518 g/mol. The van der Waals surface area contributed by atoms with Crippen molar-refractivity contribution in [3.8, 4) is 11.6 Å². The van der Waals surface area contributed by atoms with Gasteiger partial charge in [0.15, 0.2) is 0 Å². The van der Waals surface area contributed by atoms with Crippen LogP contribution in [0.2, 0.25) is 10.0 Å². The third-order valence-electron chi connectivity index (χ3n) is 6.76. The normalized spacial score (nSPS) is 18.6. The van der Waals surface area contributed by atoms with Crippen molar-refractivity contribution in [2.24, 2.45) is 7.05 Å². The Morgan fingerprint density at radius 1 is 1.15 bits per heavy atom. The van der Waals surface area contributed by atoms with Gasteiger partial charge in [-0.2, -0.15) is 0 Å². The van der Waals surface area contributed by atoms with Crippen molar-refractivity contribution in [1.29, 1.82) is 0 Å². The predicted molar refractivity (Wildman–Crippen MR) is 137 cm³/mol. The second-order valence-corrected chi connectivity index (χ2v) is 9.60. The van der Waals surface area contributed by atoms with Crippen LogP contribution in [0, 0.1) is 0 Å². The first kappa shape index (κ1) is 23.2. The van der Waals surface area contributed by atoms with Gasteiger partial charge >= 0.3 is 0 Å². The number of pyridine rings is 2. The zero-order valence-electron chi connectivity index (χ0n) is 18.4. The van der Waals surface area contributed by atoms with Gasteiger partial charge in [0.2, 0.25) is 0 Å². The van der Waals surface area contributed by atoms with Crippen LogP contribution >= 0.6 is 35.6 Å². The molecule has 0 spiro atoms. The number of nitrogens with one attached hydrogen (secondary N) is 1. The minimum Gasteiger partial charge on any atom is -0.489 e. The van der Waals surface area contributed by atoms with Crippen LogP contribution in [0.15, 0.2) is 53.5 Å². The molecule has 0 amide bonds. The standard InChI is InChI=1S/C25H22Cl2N4O2.ClH/c1-30-21-11-16-4-6-20(28-16)24(21)18-5-7-22(29-25(18)30)31-9-8-17(12-23(31)32)33-13-14-2-3-15(26)10-19(14)27;/h2-3,5,7-10,12,16,20,28H,4,6,11,13H2,1H3;1H. The second kappa shape index (κ2) is 8.93. The lowest BCUT2D eigenvalue weighted by molar-refractivity contribution is 0.305. The molecule has 176 valence electrons. The van der Waals surface area contributed by atoms with Crippen LogP contribution in [0.4, 0.5) is 0 Å². The van der Waals surface area contributed by atoms with Gasteiger partial charge in [-0.15, -0.1) is 12.4 Å². The summed E-state index contributed by atoms with van der Waals surface area (Å²) < 4.78 is 9.52. The fourth-order valence-corrected chi connectivity index (χ4v) is 5.58. The van der Waals surface area contributed by atoms with E-state index >= 15 is 0 Å². The highest BCUT2D eigenvalue weighted by Gasteiger charge is 2.36. The first-order valence-corrected chi connectivity index (χ1v) is 11.8. The van der Waals surface area contributed by atoms with Gasteiger partial charge in [0.1, 0.15) is 23.8 Å². The van der Waals surface area contributed by atoms with Crippen LogP contribution in [0.1, 0.15) is 35.7 Å². The van der Waals surface area contributed by atoms with Crippen molar-refractivity contribution in [3.63, 3.8) is 0 Å². The van der Waals surface area contributed by atoms with Crippen molar-refractivity contribution in [1.82, 2.24) is 19.4 Å². The molecule has 0 aliphatic carbocycles. The Morgan fingerprint density at radius 2 is 2.00 bits per heavy atom. The number of hydrogen-bond acceptors (Lipinski definition) is 4. The van der Waals surface area contributed by atoms with E-state index in [9.17, 15) is 4.79 Å². The van der Waals surface area contributed by atoms with Crippen LogP contribution in [0.25, 0.3) is 16.9 Å². The molecule has 6 rings (SSSR count). The summed E-state index contributed by atoms with van der Waals surface area (Å²) in [6.07, 6.45) is 5.11. The molecule has 2 unspecified atom stereocenters. The molecule has 34 heavy (non-hydrogen) atoms. The third-order valence-corrected chi connectivity index (χ3v) is 7.35. The van der Waals surface area contributed by atoms with Crippen LogP contribution in [-0.4, -0.2) is 20.2 Å². The Kier molecular flexibility index (Phi) is 6.10. The summed E-state index contributed by atoms with van der Waals surface area (Å²) >= 11 is 12.1. The van der Waals surface area contributed by atoms with Gasteiger partial charge in [-0.05, 0) is 48.7 Å². The number of halogens is 3. The van der Waals surface area contributed by atoms with E-state index < -0.39 is 0 Å². The predicted octanol–water partition coefficient (Wildman–Crippen LogP) is 5.38. The number of nitrogens with zero attached hydrogens (tertiary/aromatic N) is 3. The highest BCUT2D eigenvalue weighted by atomic mass is 35.5. The SMILES string of the molecule is Cl.Cn1c2c(c3ccc(-n4ccc(OCc5ccc(Cl)cc5Cl)cc4=O)nc31)C1CCC(C2)N1. The topological polar surface area (TPSA) is 61.1 Å². The molecule has 9 heteroatoms. The lowest BCUT2D eigenvalue weighted by Gasteiger charge is -2.22. The Hall–Kier alpha value is -2.51. The third kappa shape index (κ3) is 3.89. The molecule has 4 aromatic rings. The van der Waals surface area contributed by atoms with Gasteiger partial charge in [0, 0.05) is 64.5 Å². The molecule has 1 aromatic carbocycles. The summed E-state index contributed by atoms with van der Waals surface area (Å²) in [5, 5.41) is 5.98. The smallest absolute Gasteiger partial charge is 0.259 e. The molecule has 0 radical (unpaired) electrons. The van der Waals surface area contributed by atoms with Gasteiger partial charge in [-0.25, -0.2) is 4.98 Å². The van der Waals surface area contributed by atoms with E-state index in [-0.39, 0.29) is 24.6 Å². The first-order chi connectivity index (χ1) is 16.0. The fourth-order valence-electron chi connectivity index (χ4n) is 5.12. The van der Waals surface area contributed by atoms with Gasteiger partial charge in [0.05, 0.1) is 0 Å². The Labute approximate surface area is 212 Å². The van der Waals surface area contributed by atoms with Crippen LogP contribution in [0.3, 0.4) is 0 Å². The Balaban J connectivity index is 0.00000241. The maximum Gasteiger partial charge on any atom is 0.259 e. The molecule has 1 N–H and O–H groups in total. The van der Waals surface area contributed by atoms with E-state index in [1.165, 1.54) is 40.1 Å². The minimum absolute atomic E-state index is 0. The molecule has 5 heterocycles. The van der Waals surface area contributed by atoms with Crippen molar-refractivity contribution in [2.75, 3.05) is 0 Å². The summed E-state index contributed by atoms with van der Waals surface area (Å²) in [5.74, 6) is 1.07. The monoisotopic (exact) mass is 516 g/mol. The maximum atomic E-state index is 12.9. The second-order valence-electron chi connectivity index (χ2n) is 8.75. The van der Waals surface area contributed by atoms with Gasteiger partial charge in [-0.3, -0.25) is 9.36 Å². The molecule has 3 aromatic heterocycles. The maximum absolute atomic E-state index is 12.9. The molecular weight excluding hydrogens is 495 g/mol. The van der Waals surface area contributed by atoms with E-state index in [1.807, 2.05) is 12.1 Å². The molecule has 6 nitrogen and oxygen atoms in total. The molecule has 2 aliphatic heterocycles. The van der Waals surface area contributed by atoms with E-state index in [1.54, 1.807) is 24.4 Å². The van der Waals surface area contributed by atoms with E-state index in [2.05, 4.69) is 23.0 Å². The van der Waals surface area contributed by atoms with Crippen molar-refractivity contribution in [3.05, 3.63) is 85.9 Å². The van der Waals surface area contributed by atoms with E-state index in [4.69, 9.17) is 32.9 Å². The summed E-state index contributed by atoms with van der Waals surface area (Å²) in [6.45, 7) is 0.245. The number of ether oxygens (including phenoxy) is 1. The first-order valence-electron chi connectivity index (χ1n) is 11.0. The molecule has 1 fully saturated rings. The summed E-state index contributed by atoms with van der Waals surface area (Å²) in [7, 11) is 2.07. The highest BCUT2D eigenvalue weighted by Crippen LogP contribution is 2.41. The molecule has 0 saturated carbocycles. The van der Waals surface area contributed by atoms with E-state index in [0.29, 0.717) is 33.7 Å². The van der Waals surface area contributed by atoms with Gasteiger partial charge in [-0.1, -0.05) is 29.3 Å². The molecule has 2 aliphatic rings. The number of aryl methyl sites for hydroxylation is 1. The van der Waals surface area contributed by atoms with E-state index in [0.717, 1.165) is 17.6 Å². The largest absolute Gasteiger partial charge is 0.489 e. The summed E-state index contributed by atoms with van der Waals surface area (Å²) in [5.41, 5.74) is 4.24. The van der Waals surface area contributed by atoms with Crippen LogP contribution < -0.4 is 15.6 Å². The highest BCUT2D eigenvalue weighted by molar-refractivity contribution is 6.35. The number of hydrogen-bond donors (Lipinski definition) is 1. The van der Waals surface area contributed by atoms with Crippen molar-refractivity contribution >= 4 is 46.6 Å². The van der Waals surface area contributed by atoms with Gasteiger partial charge < -0.3 is 14.6 Å². The molecule has 1 saturated heterocycles.